The number of hydrogen-bond acceptors (Lipinski definition) is 4. The Labute approximate surface area is 152 Å². The molecule has 0 saturated heterocycles. The van der Waals surface area contributed by atoms with Crippen molar-refractivity contribution in [1.82, 2.24) is 9.72 Å². The summed E-state index contributed by atoms with van der Waals surface area (Å²) < 4.78 is 6.82. The summed E-state index contributed by atoms with van der Waals surface area (Å²) in [6.45, 7) is 1.96. The Morgan fingerprint density at radius 2 is 1.92 bits per heavy atom. The number of aromatic carboxylic acids is 1. The minimum atomic E-state index is -0.993. The Hall–Kier alpha value is -3.12. The Balaban J connectivity index is 1.97. The lowest BCUT2D eigenvalue weighted by molar-refractivity contribution is 0.0697. The fourth-order valence-corrected chi connectivity index (χ4v) is 3.36. The second-order valence-electron chi connectivity index (χ2n) is 5.99. The molecule has 0 fully saturated rings. The smallest absolute Gasteiger partial charge is 0.335 e. The summed E-state index contributed by atoms with van der Waals surface area (Å²) in [6, 6.07) is 11.7. The van der Waals surface area contributed by atoms with E-state index in [2.05, 4.69) is 5.16 Å². The first-order chi connectivity index (χ1) is 12.5. The molecule has 7 heteroatoms. The normalized spacial score (nSPS) is 11.3. The van der Waals surface area contributed by atoms with E-state index in [1.165, 1.54) is 12.1 Å². The van der Waals surface area contributed by atoms with Crippen LogP contribution in [0.3, 0.4) is 0 Å². The van der Waals surface area contributed by atoms with Gasteiger partial charge in [0.15, 0.2) is 0 Å². The fourth-order valence-electron chi connectivity index (χ4n) is 3.10. The van der Waals surface area contributed by atoms with Gasteiger partial charge in [0.1, 0.15) is 16.7 Å². The maximum atomic E-state index is 13.0. The molecule has 130 valence electrons. The Bertz CT molecular complexity index is 1220. The molecule has 0 unspecified atom stereocenters. The zero-order chi connectivity index (χ0) is 18.4. The number of hydrogen-bond donors (Lipinski definition) is 1. The predicted molar refractivity (Wildman–Crippen MR) is 98.0 cm³/mol. The van der Waals surface area contributed by atoms with Crippen molar-refractivity contribution in [3.63, 3.8) is 0 Å². The molecule has 0 aliphatic heterocycles. The number of aromatic nitrogens is 2. The van der Waals surface area contributed by atoms with Crippen LogP contribution in [0.25, 0.3) is 21.8 Å². The first-order valence-electron chi connectivity index (χ1n) is 7.86. The predicted octanol–water partition coefficient (Wildman–Crippen LogP) is 3.85. The van der Waals surface area contributed by atoms with E-state index in [0.29, 0.717) is 32.6 Å². The van der Waals surface area contributed by atoms with Crippen LogP contribution in [0.5, 0.6) is 0 Å². The molecule has 0 radical (unpaired) electrons. The zero-order valence-electron chi connectivity index (χ0n) is 13.7. The molecule has 0 bridgehead atoms. The van der Waals surface area contributed by atoms with Gasteiger partial charge in [0.2, 0.25) is 0 Å². The van der Waals surface area contributed by atoms with Crippen LogP contribution in [0, 0.1) is 6.92 Å². The van der Waals surface area contributed by atoms with Gasteiger partial charge in [-0.15, -0.1) is 0 Å². The molecule has 2 aromatic carbocycles. The van der Waals surface area contributed by atoms with Crippen molar-refractivity contribution in [2.24, 2.45) is 0 Å². The number of rotatable bonds is 3. The first-order valence-corrected chi connectivity index (χ1v) is 8.24. The number of carboxylic acids is 1. The largest absolute Gasteiger partial charge is 0.478 e. The summed E-state index contributed by atoms with van der Waals surface area (Å²) >= 11 is 6.37. The summed E-state index contributed by atoms with van der Waals surface area (Å²) in [5.41, 5.74) is 1.86. The van der Waals surface area contributed by atoms with Gasteiger partial charge >= 0.3 is 5.97 Å². The summed E-state index contributed by atoms with van der Waals surface area (Å²) in [7, 11) is 0. The second-order valence-corrected chi connectivity index (χ2v) is 6.40. The van der Waals surface area contributed by atoms with Crippen molar-refractivity contribution in [2.75, 3.05) is 0 Å². The molecule has 0 aliphatic carbocycles. The van der Waals surface area contributed by atoms with Gasteiger partial charge in [-0.2, -0.15) is 0 Å². The van der Waals surface area contributed by atoms with Gasteiger partial charge in [-0.05, 0) is 36.8 Å². The number of carbonyl (C=O) groups is 1. The Morgan fingerprint density at radius 1 is 1.19 bits per heavy atom. The number of pyridine rings is 1. The molecule has 0 saturated carbocycles. The van der Waals surface area contributed by atoms with E-state index in [1.807, 2.05) is 0 Å². The van der Waals surface area contributed by atoms with Crippen LogP contribution in [0.2, 0.25) is 5.02 Å². The van der Waals surface area contributed by atoms with Crippen molar-refractivity contribution in [3.8, 4) is 0 Å². The molecule has 0 aliphatic rings. The van der Waals surface area contributed by atoms with E-state index in [1.54, 1.807) is 41.8 Å². The van der Waals surface area contributed by atoms with Crippen LogP contribution < -0.4 is 5.56 Å². The molecule has 0 spiro atoms. The van der Waals surface area contributed by atoms with Crippen molar-refractivity contribution < 1.29 is 14.4 Å². The van der Waals surface area contributed by atoms with Crippen LogP contribution in [0.15, 0.2) is 51.8 Å². The maximum absolute atomic E-state index is 13.0. The molecular formula is C19H13ClN2O4. The molecule has 6 nitrogen and oxygen atoms in total. The lowest BCUT2D eigenvalue weighted by Gasteiger charge is -2.12. The molecule has 1 N–H and O–H groups in total. The molecule has 0 atom stereocenters. The molecule has 2 heterocycles. The van der Waals surface area contributed by atoms with E-state index in [9.17, 15) is 9.59 Å². The van der Waals surface area contributed by atoms with E-state index in [4.69, 9.17) is 21.2 Å². The lowest BCUT2D eigenvalue weighted by Crippen LogP contribution is -2.21. The summed E-state index contributed by atoms with van der Waals surface area (Å²) in [6.07, 6.45) is 0. The second kappa shape index (κ2) is 6.00. The number of halogens is 1. The molecule has 4 rings (SSSR count). The van der Waals surface area contributed by atoms with E-state index >= 15 is 0 Å². The third-order valence-electron chi connectivity index (χ3n) is 4.38. The highest BCUT2D eigenvalue weighted by atomic mass is 35.5. The molecule has 2 aromatic heterocycles. The van der Waals surface area contributed by atoms with E-state index in [-0.39, 0.29) is 17.7 Å². The number of carboxylic acid groups (broad SMARTS) is 1. The van der Waals surface area contributed by atoms with Crippen LogP contribution >= 0.6 is 11.6 Å². The minimum absolute atomic E-state index is 0.194. The SMILES string of the molecule is Cc1onc2c1c(=O)n(Cc1ccc(C(=O)O)cc1)c1cccc(Cl)c21. The van der Waals surface area contributed by atoms with E-state index in [0.717, 1.165) is 5.56 Å². The quantitative estimate of drug-likeness (QED) is 0.593. The average Bonchev–Trinajstić information content (AvgIpc) is 3.00. The van der Waals surface area contributed by atoms with Gasteiger partial charge in [0.25, 0.3) is 5.56 Å². The zero-order valence-corrected chi connectivity index (χ0v) is 14.4. The fraction of sp³-hybridized carbons (Fsp3) is 0.105. The lowest BCUT2D eigenvalue weighted by atomic mass is 10.1. The standard InChI is InChI=1S/C19H13ClN2O4/c1-10-15-17(21-26-10)16-13(20)3-2-4-14(16)22(18(15)23)9-11-5-7-12(8-6-11)19(24)25/h2-8H,9H2,1H3,(H,24,25). The van der Waals surface area contributed by atoms with Crippen LogP contribution in [-0.2, 0) is 6.54 Å². The molecular weight excluding hydrogens is 356 g/mol. The number of fused-ring (bicyclic) bond motifs is 3. The van der Waals surface area contributed by atoms with Gasteiger partial charge < -0.3 is 14.2 Å². The Morgan fingerprint density at radius 3 is 2.62 bits per heavy atom. The van der Waals surface area contributed by atoms with Crippen LogP contribution in [0.4, 0.5) is 0 Å². The van der Waals surface area contributed by atoms with Crippen molar-refractivity contribution >= 4 is 39.4 Å². The van der Waals surface area contributed by atoms with Crippen molar-refractivity contribution in [1.29, 1.82) is 0 Å². The summed E-state index contributed by atoms with van der Waals surface area (Å²) in [5, 5.41) is 14.6. The first kappa shape index (κ1) is 16.4. The van der Waals surface area contributed by atoms with Gasteiger partial charge in [0.05, 0.1) is 22.6 Å². The summed E-state index contributed by atoms with van der Waals surface area (Å²) in [5.74, 6) is -0.561. The van der Waals surface area contributed by atoms with Gasteiger partial charge in [-0.25, -0.2) is 4.79 Å². The van der Waals surface area contributed by atoms with Gasteiger partial charge in [-0.1, -0.05) is 35.0 Å². The Kier molecular flexibility index (Phi) is 3.77. The monoisotopic (exact) mass is 368 g/mol. The number of aryl methyl sites for hydroxylation is 1. The highest BCUT2D eigenvalue weighted by molar-refractivity contribution is 6.37. The number of nitrogens with zero attached hydrogens (tertiary/aromatic N) is 2. The summed E-state index contributed by atoms with van der Waals surface area (Å²) in [4.78, 5) is 24.0. The van der Waals surface area contributed by atoms with Crippen LogP contribution in [-0.4, -0.2) is 20.8 Å². The molecule has 4 aromatic rings. The van der Waals surface area contributed by atoms with Gasteiger partial charge in [0, 0.05) is 5.39 Å². The third-order valence-corrected chi connectivity index (χ3v) is 4.70. The maximum Gasteiger partial charge on any atom is 0.335 e. The van der Waals surface area contributed by atoms with E-state index < -0.39 is 5.97 Å². The third kappa shape index (κ3) is 2.46. The van der Waals surface area contributed by atoms with Crippen molar-refractivity contribution in [3.05, 3.63) is 74.7 Å². The molecule has 0 amide bonds. The highest BCUT2D eigenvalue weighted by Crippen LogP contribution is 2.30. The van der Waals surface area contributed by atoms with Gasteiger partial charge in [-0.3, -0.25) is 4.79 Å². The van der Waals surface area contributed by atoms with Crippen molar-refractivity contribution in [2.45, 2.75) is 13.5 Å². The highest BCUT2D eigenvalue weighted by Gasteiger charge is 2.18. The average molecular weight is 369 g/mol. The number of benzene rings is 2. The van der Waals surface area contributed by atoms with Crippen LogP contribution in [0.1, 0.15) is 21.7 Å². The molecule has 26 heavy (non-hydrogen) atoms. The topological polar surface area (TPSA) is 85.3 Å². The minimum Gasteiger partial charge on any atom is -0.478 e.